The van der Waals surface area contributed by atoms with E-state index in [1.165, 1.54) is 24.1 Å². The lowest BCUT2D eigenvalue weighted by molar-refractivity contribution is -0.140. The molecule has 0 saturated heterocycles. The predicted octanol–water partition coefficient (Wildman–Crippen LogP) is 3.16. The molecule has 0 radical (unpaired) electrons. The molecule has 0 fully saturated rings. The number of nitrogens with zero attached hydrogens (tertiary/aromatic N) is 1. The molecule has 156 valence electrons. The van der Waals surface area contributed by atoms with Crippen molar-refractivity contribution >= 4 is 11.8 Å². The standard InChI is InChI=1S/C22H27FN2O4/c1-16(22(27)24-2)25(15-17-6-8-18(23)9-7-17)21(26)5-4-14-29-20-12-10-19(28-3)11-13-20/h6-13,16H,4-5,14-15H2,1-3H3,(H,24,27). The van der Waals surface area contributed by atoms with Gasteiger partial charge in [-0.15, -0.1) is 0 Å². The summed E-state index contributed by atoms with van der Waals surface area (Å²) >= 11 is 0. The summed E-state index contributed by atoms with van der Waals surface area (Å²) in [5.41, 5.74) is 0.755. The first kappa shape index (κ1) is 22.2. The first-order valence-corrected chi connectivity index (χ1v) is 9.47. The molecule has 6 nitrogen and oxygen atoms in total. The summed E-state index contributed by atoms with van der Waals surface area (Å²) in [5.74, 6) is 0.674. The van der Waals surface area contributed by atoms with E-state index in [2.05, 4.69) is 5.32 Å². The average Bonchev–Trinajstić information content (AvgIpc) is 2.75. The smallest absolute Gasteiger partial charge is 0.242 e. The summed E-state index contributed by atoms with van der Waals surface area (Å²) in [4.78, 5) is 26.3. The zero-order valence-electron chi connectivity index (χ0n) is 17.0. The van der Waals surface area contributed by atoms with Crippen molar-refractivity contribution in [3.05, 3.63) is 59.9 Å². The van der Waals surface area contributed by atoms with Crippen molar-refractivity contribution in [3.8, 4) is 11.5 Å². The van der Waals surface area contributed by atoms with Gasteiger partial charge in [0, 0.05) is 20.0 Å². The van der Waals surface area contributed by atoms with E-state index >= 15 is 0 Å². The molecular formula is C22H27FN2O4. The molecule has 2 aromatic carbocycles. The normalized spacial score (nSPS) is 11.4. The van der Waals surface area contributed by atoms with Crippen LogP contribution in [0.3, 0.4) is 0 Å². The third kappa shape index (κ3) is 6.78. The number of hydrogen-bond donors (Lipinski definition) is 1. The zero-order valence-corrected chi connectivity index (χ0v) is 17.0. The second-order valence-corrected chi connectivity index (χ2v) is 6.57. The third-order valence-electron chi connectivity index (χ3n) is 4.54. The molecule has 1 N–H and O–H groups in total. The van der Waals surface area contributed by atoms with Crippen LogP contribution >= 0.6 is 0 Å². The van der Waals surface area contributed by atoms with Crippen molar-refractivity contribution in [3.63, 3.8) is 0 Å². The molecule has 0 aliphatic heterocycles. The lowest BCUT2D eigenvalue weighted by Crippen LogP contribution is -2.46. The maximum atomic E-state index is 13.1. The number of halogens is 1. The molecule has 0 aliphatic rings. The van der Waals surface area contributed by atoms with Crippen LogP contribution in [-0.2, 0) is 16.1 Å². The van der Waals surface area contributed by atoms with Crippen molar-refractivity contribution in [2.24, 2.45) is 0 Å². The Bertz CT molecular complexity index is 793. The molecule has 0 aromatic heterocycles. The summed E-state index contributed by atoms with van der Waals surface area (Å²) in [5, 5.41) is 2.57. The van der Waals surface area contributed by atoms with Crippen LogP contribution in [0.2, 0.25) is 0 Å². The van der Waals surface area contributed by atoms with E-state index in [4.69, 9.17) is 9.47 Å². The SMILES string of the molecule is CNC(=O)C(C)N(Cc1ccc(F)cc1)C(=O)CCCOc1ccc(OC)cc1. The Balaban J connectivity index is 1.93. The Hall–Kier alpha value is -3.09. The number of ether oxygens (including phenoxy) is 2. The van der Waals surface area contributed by atoms with Crippen LogP contribution < -0.4 is 14.8 Å². The van der Waals surface area contributed by atoms with Crippen LogP contribution in [0.4, 0.5) is 4.39 Å². The fourth-order valence-corrected chi connectivity index (χ4v) is 2.81. The number of likely N-dealkylation sites (N-methyl/N-ethyl adjacent to an activating group) is 1. The summed E-state index contributed by atoms with van der Waals surface area (Å²) in [7, 11) is 3.13. The molecule has 2 amide bonds. The molecular weight excluding hydrogens is 375 g/mol. The predicted molar refractivity (Wildman–Crippen MR) is 108 cm³/mol. The van der Waals surface area contributed by atoms with Gasteiger partial charge in [-0.3, -0.25) is 9.59 Å². The number of hydrogen-bond acceptors (Lipinski definition) is 4. The number of carbonyl (C=O) groups excluding carboxylic acids is 2. The van der Waals surface area contributed by atoms with Crippen LogP contribution in [0.1, 0.15) is 25.3 Å². The van der Waals surface area contributed by atoms with E-state index in [0.29, 0.717) is 18.8 Å². The number of benzene rings is 2. The van der Waals surface area contributed by atoms with Gasteiger partial charge in [0.05, 0.1) is 13.7 Å². The first-order valence-electron chi connectivity index (χ1n) is 9.47. The van der Waals surface area contributed by atoms with Gasteiger partial charge in [0.25, 0.3) is 0 Å². The lowest BCUT2D eigenvalue weighted by Gasteiger charge is -2.28. The highest BCUT2D eigenvalue weighted by Gasteiger charge is 2.25. The highest BCUT2D eigenvalue weighted by molar-refractivity contribution is 5.87. The fraction of sp³-hybridized carbons (Fsp3) is 0.364. The Morgan fingerprint density at radius 3 is 2.28 bits per heavy atom. The maximum Gasteiger partial charge on any atom is 0.242 e. The van der Waals surface area contributed by atoms with Gasteiger partial charge in [-0.2, -0.15) is 0 Å². The van der Waals surface area contributed by atoms with Crippen molar-refractivity contribution < 1.29 is 23.5 Å². The van der Waals surface area contributed by atoms with Crippen molar-refractivity contribution in [2.45, 2.75) is 32.4 Å². The Morgan fingerprint density at radius 1 is 1.07 bits per heavy atom. The van der Waals surface area contributed by atoms with Gasteiger partial charge in [-0.1, -0.05) is 12.1 Å². The minimum atomic E-state index is -0.639. The summed E-state index contributed by atoms with van der Waals surface area (Å²) in [6.07, 6.45) is 0.740. The molecule has 0 aliphatic carbocycles. The second kappa shape index (κ2) is 11.0. The average molecular weight is 402 g/mol. The van der Waals surface area contributed by atoms with Gasteiger partial charge >= 0.3 is 0 Å². The van der Waals surface area contributed by atoms with Gasteiger partial charge in [0.15, 0.2) is 0 Å². The molecule has 7 heteroatoms. The Kier molecular flexibility index (Phi) is 8.45. The number of rotatable bonds is 10. The minimum absolute atomic E-state index is 0.163. The molecule has 0 bridgehead atoms. The highest BCUT2D eigenvalue weighted by Crippen LogP contribution is 2.18. The quantitative estimate of drug-likeness (QED) is 0.620. The van der Waals surface area contributed by atoms with Gasteiger partial charge in [-0.25, -0.2) is 4.39 Å². The van der Waals surface area contributed by atoms with Crippen LogP contribution in [0.15, 0.2) is 48.5 Å². The molecule has 0 saturated carbocycles. The van der Waals surface area contributed by atoms with E-state index < -0.39 is 6.04 Å². The van der Waals surface area contributed by atoms with Crippen LogP contribution in [-0.4, -0.2) is 43.5 Å². The summed E-state index contributed by atoms with van der Waals surface area (Å²) in [6.45, 7) is 2.28. The van der Waals surface area contributed by atoms with Crippen LogP contribution in [0.25, 0.3) is 0 Å². The molecule has 1 atom stereocenters. The molecule has 2 aromatic rings. The van der Waals surface area contributed by atoms with E-state index in [1.54, 1.807) is 50.4 Å². The van der Waals surface area contributed by atoms with Gasteiger partial charge in [0.2, 0.25) is 11.8 Å². The van der Waals surface area contributed by atoms with Crippen molar-refractivity contribution in [2.75, 3.05) is 20.8 Å². The van der Waals surface area contributed by atoms with Crippen molar-refractivity contribution in [1.29, 1.82) is 0 Å². The molecule has 0 spiro atoms. The third-order valence-corrected chi connectivity index (χ3v) is 4.54. The molecule has 29 heavy (non-hydrogen) atoms. The topological polar surface area (TPSA) is 67.9 Å². The van der Waals surface area contributed by atoms with Gasteiger partial charge < -0.3 is 19.7 Å². The first-order chi connectivity index (χ1) is 13.9. The summed E-state index contributed by atoms with van der Waals surface area (Å²) in [6, 6.07) is 12.5. The van der Waals surface area contributed by atoms with Crippen LogP contribution in [0.5, 0.6) is 11.5 Å². The van der Waals surface area contributed by atoms with E-state index in [1.807, 2.05) is 0 Å². The van der Waals surface area contributed by atoms with Crippen LogP contribution in [0, 0.1) is 5.82 Å². The minimum Gasteiger partial charge on any atom is -0.497 e. The van der Waals surface area contributed by atoms with Crippen molar-refractivity contribution in [1.82, 2.24) is 10.2 Å². The number of amides is 2. The number of nitrogens with one attached hydrogen (secondary N) is 1. The van der Waals surface area contributed by atoms with E-state index in [9.17, 15) is 14.0 Å². The monoisotopic (exact) mass is 402 g/mol. The molecule has 1 unspecified atom stereocenters. The van der Waals surface area contributed by atoms with E-state index in [-0.39, 0.29) is 30.6 Å². The largest absolute Gasteiger partial charge is 0.497 e. The molecule has 2 rings (SSSR count). The fourth-order valence-electron chi connectivity index (χ4n) is 2.81. The van der Waals surface area contributed by atoms with E-state index in [0.717, 1.165) is 11.3 Å². The molecule has 0 heterocycles. The number of methoxy groups -OCH3 is 1. The lowest BCUT2D eigenvalue weighted by atomic mass is 10.1. The van der Waals surface area contributed by atoms with Gasteiger partial charge in [-0.05, 0) is 55.3 Å². The number of carbonyl (C=O) groups is 2. The van der Waals surface area contributed by atoms with Gasteiger partial charge in [0.1, 0.15) is 23.4 Å². The maximum absolute atomic E-state index is 13.1. The Labute approximate surface area is 170 Å². The Morgan fingerprint density at radius 2 is 1.69 bits per heavy atom. The highest BCUT2D eigenvalue weighted by atomic mass is 19.1. The zero-order chi connectivity index (χ0) is 21.2. The summed E-state index contributed by atoms with van der Waals surface area (Å²) < 4.78 is 23.9. The second-order valence-electron chi connectivity index (χ2n) is 6.57.